The Morgan fingerprint density at radius 1 is 0.440 bits per heavy atom. The van der Waals surface area contributed by atoms with Gasteiger partial charge < -0.3 is 8.83 Å². The molecule has 2 heterocycles. The molecule has 0 fully saturated rings. The van der Waals surface area contributed by atoms with E-state index in [1.807, 2.05) is 0 Å². The van der Waals surface area contributed by atoms with E-state index in [0.29, 0.717) is 0 Å². The van der Waals surface area contributed by atoms with Crippen LogP contribution in [0.2, 0.25) is 0 Å². The first-order valence-corrected chi connectivity index (χ1v) is 17.3. The van der Waals surface area contributed by atoms with Gasteiger partial charge in [0.25, 0.3) is 0 Å². The summed E-state index contributed by atoms with van der Waals surface area (Å²) >= 11 is 0. The van der Waals surface area contributed by atoms with Gasteiger partial charge in [-0.25, -0.2) is 0 Å². The highest BCUT2D eigenvalue weighted by atomic mass is 16.3. The highest BCUT2D eigenvalue weighted by Crippen LogP contribution is 2.51. The molecule has 2 heteroatoms. The van der Waals surface area contributed by atoms with Crippen molar-refractivity contribution in [3.05, 3.63) is 192 Å². The molecule has 50 heavy (non-hydrogen) atoms. The van der Waals surface area contributed by atoms with Crippen molar-refractivity contribution in [1.29, 1.82) is 0 Å². The average molecular weight is 641 g/mol. The molecule has 1 aliphatic rings. The summed E-state index contributed by atoms with van der Waals surface area (Å²) in [6.07, 6.45) is 3.23. The van der Waals surface area contributed by atoms with Crippen LogP contribution in [-0.4, -0.2) is 0 Å². The predicted octanol–water partition coefficient (Wildman–Crippen LogP) is 13.4. The lowest BCUT2D eigenvalue weighted by molar-refractivity contribution is 0.519. The second-order valence-corrected chi connectivity index (χ2v) is 13.2. The second-order valence-electron chi connectivity index (χ2n) is 13.2. The highest BCUT2D eigenvalue weighted by Gasteiger charge is 2.32. The first-order valence-electron chi connectivity index (χ1n) is 17.3. The predicted molar refractivity (Wildman–Crippen MR) is 207 cm³/mol. The summed E-state index contributed by atoms with van der Waals surface area (Å²) in [5.41, 5.74) is 14.2. The van der Waals surface area contributed by atoms with Crippen molar-refractivity contribution in [3.8, 4) is 33.4 Å². The molecule has 0 saturated heterocycles. The Bertz CT molecular complexity index is 2680. The van der Waals surface area contributed by atoms with E-state index in [1.165, 1.54) is 22.3 Å². The zero-order valence-electron chi connectivity index (χ0n) is 27.3. The Kier molecular flexibility index (Phi) is 6.67. The first-order chi connectivity index (χ1) is 24.8. The summed E-state index contributed by atoms with van der Waals surface area (Å²) < 4.78 is 14.2. The minimum Gasteiger partial charge on any atom is -0.460 e. The highest BCUT2D eigenvalue weighted by molar-refractivity contribution is 6.26. The monoisotopic (exact) mass is 640 g/mol. The lowest BCUT2D eigenvalue weighted by Crippen LogP contribution is -2.07. The second kappa shape index (κ2) is 11.6. The van der Waals surface area contributed by atoms with E-state index in [-0.39, 0.29) is 5.92 Å². The third-order valence-electron chi connectivity index (χ3n) is 10.2. The normalized spacial score (nSPS) is 14.2. The minimum atomic E-state index is 0.0759. The molecule has 9 aromatic rings. The lowest BCUT2D eigenvalue weighted by atomic mass is 9.80. The number of allylic oxidation sites excluding steroid dienone is 1. The molecule has 10 rings (SSSR count). The summed E-state index contributed by atoms with van der Waals surface area (Å²) in [4.78, 5) is 0. The van der Waals surface area contributed by atoms with Crippen LogP contribution in [-0.2, 0) is 0 Å². The van der Waals surface area contributed by atoms with Crippen molar-refractivity contribution >= 4 is 44.6 Å². The van der Waals surface area contributed by atoms with Gasteiger partial charge in [-0.15, -0.1) is 0 Å². The molecule has 0 N–H and O–H groups in total. The fraction of sp³-hybridized carbons (Fsp3) is 0.0417. The molecular weight excluding hydrogens is 609 g/mol. The van der Waals surface area contributed by atoms with E-state index in [9.17, 15) is 0 Å². The molecule has 0 spiro atoms. The van der Waals surface area contributed by atoms with Crippen molar-refractivity contribution in [2.75, 3.05) is 0 Å². The molecule has 2 aromatic heterocycles. The van der Waals surface area contributed by atoms with Crippen molar-refractivity contribution in [3.63, 3.8) is 0 Å². The van der Waals surface area contributed by atoms with E-state index in [2.05, 4.69) is 176 Å². The molecular formula is C48H32O2. The molecule has 0 radical (unpaired) electrons. The van der Waals surface area contributed by atoms with E-state index >= 15 is 0 Å². The van der Waals surface area contributed by atoms with Crippen LogP contribution in [0.15, 0.2) is 179 Å². The quantitative estimate of drug-likeness (QED) is 0.187. The van der Waals surface area contributed by atoms with Crippen LogP contribution >= 0.6 is 0 Å². The maximum Gasteiger partial charge on any atom is 0.144 e. The molecule has 7 aromatic carbocycles. The topological polar surface area (TPSA) is 26.3 Å². The van der Waals surface area contributed by atoms with Crippen LogP contribution in [0.25, 0.3) is 77.9 Å². The van der Waals surface area contributed by atoms with Crippen LogP contribution in [0.3, 0.4) is 0 Å². The number of hydrogen-bond acceptors (Lipinski definition) is 2. The van der Waals surface area contributed by atoms with Crippen molar-refractivity contribution < 1.29 is 8.83 Å². The van der Waals surface area contributed by atoms with Gasteiger partial charge in [0.1, 0.15) is 22.5 Å². The lowest BCUT2D eigenvalue weighted by Gasteiger charge is -2.23. The zero-order valence-corrected chi connectivity index (χ0v) is 27.3. The first kappa shape index (κ1) is 28.6. The number of fused-ring (bicyclic) bond motifs is 7. The Labute approximate surface area is 290 Å². The van der Waals surface area contributed by atoms with Gasteiger partial charge in [-0.05, 0) is 69.6 Å². The smallest absolute Gasteiger partial charge is 0.144 e. The Balaban J connectivity index is 1.37. The van der Waals surface area contributed by atoms with Gasteiger partial charge in [-0.3, -0.25) is 0 Å². The van der Waals surface area contributed by atoms with Gasteiger partial charge in [0.05, 0.1) is 0 Å². The fourth-order valence-electron chi connectivity index (χ4n) is 7.89. The van der Waals surface area contributed by atoms with Gasteiger partial charge in [0, 0.05) is 38.8 Å². The maximum absolute atomic E-state index is 7.14. The van der Waals surface area contributed by atoms with E-state index < -0.39 is 0 Å². The van der Waals surface area contributed by atoms with E-state index in [0.717, 1.165) is 78.5 Å². The Morgan fingerprint density at radius 2 is 0.980 bits per heavy atom. The number of hydrogen-bond donors (Lipinski definition) is 0. The van der Waals surface area contributed by atoms with Crippen molar-refractivity contribution in [1.82, 2.24) is 0 Å². The Hall–Kier alpha value is -6.38. The van der Waals surface area contributed by atoms with Crippen molar-refractivity contribution in [2.45, 2.75) is 12.3 Å². The molecule has 2 nitrogen and oxygen atoms in total. The minimum absolute atomic E-state index is 0.0759. The van der Waals surface area contributed by atoms with E-state index in [4.69, 9.17) is 8.83 Å². The molecule has 0 bridgehead atoms. The largest absolute Gasteiger partial charge is 0.460 e. The third kappa shape index (κ3) is 4.64. The van der Waals surface area contributed by atoms with Crippen LogP contribution in [0, 0.1) is 0 Å². The average Bonchev–Trinajstić information content (AvgIpc) is 3.77. The van der Waals surface area contributed by atoms with Gasteiger partial charge in [0.15, 0.2) is 0 Å². The molecule has 1 aliphatic carbocycles. The number of rotatable bonds is 5. The van der Waals surface area contributed by atoms with Gasteiger partial charge in [-0.1, -0.05) is 152 Å². The van der Waals surface area contributed by atoms with Crippen LogP contribution < -0.4 is 0 Å². The number of furan rings is 2. The summed E-state index contributed by atoms with van der Waals surface area (Å²) in [6, 6.07) is 60.2. The van der Waals surface area contributed by atoms with Crippen molar-refractivity contribution in [2.24, 2.45) is 0 Å². The van der Waals surface area contributed by atoms with Crippen LogP contribution in [0.4, 0.5) is 0 Å². The van der Waals surface area contributed by atoms with Crippen LogP contribution in [0.5, 0.6) is 0 Å². The van der Waals surface area contributed by atoms with Gasteiger partial charge in [0.2, 0.25) is 0 Å². The van der Waals surface area contributed by atoms with Crippen LogP contribution in [0.1, 0.15) is 34.8 Å². The summed E-state index contributed by atoms with van der Waals surface area (Å²) in [5, 5.41) is 3.28. The molecule has 236 valence electrons. The van der Waals surface area contributed by atoms with E-state index in [1.54, 1.807) is 0 Å². The molecule has 0 amide bonds. The summed E-state index contributed by atoms with van der Waals surface area (Å²) in [7, 11) is 0. The molecule has 1 unspecified atom stereocenters. The molecule has 1 atom stereocenters. The third-order valence-corrected chi connectivity index (χ3v) is 10.2. The zero-order chi connectivity index (χ0) is 33.0. The molecule has 0 aliphatic heterocycles. The summed E-state index contributed by atoms with van der Waals surface area (Å²) in [5.74, 6) is 1.08. The SMILES string of the molecule is C1=C(c2ccccc2)CC(c2ccccc2)c2oc3cc(-c4ccccc4)c4oc5c(-c6ccccc6)cc(-c6ccccc6)cc5c4c3c21. The maximum atomic E-state index is 7.14. The number of benzene rings is 7. The Morgan fingerprint density at radius 3 is 1.60 bits per heavy atom. The van der Waals surface area contributed by atoms with Gasteiger partial charge >= 0.3 is 0 Å². The summed E-state index contributed by atoms with van der Waals surface area (Å²) in [6.45, 7) is 0. The van der Waals surface area contributed by atoms with Gasteiger partial charge in [-0.2, -0.15) is 0 Å². The standard InChI is InChI=1S/C48H32O2/c1-6-16-31(17-7-1)36-26-38(33-20-10-3-11-21-33)46-41(28-36)44-43(49-46)30-40(35-24-14-5-15-25-35)48-45(44)42-29-37(32-18-8-2-9-19-32)27-39(47(42)50-48)34-22-12-4-13-23-34/h1-25,27-30,38H,26H2. The fourth-order valence-corrected chi connectivity index (χ4v) is 7.89. The molecule has 0 saturated carbocycles.